The average Bonchev–Trinajstić information content (AvgIpc) is 2.72. The fraction of sp³-hybridized carbons (Fsp3) is 0. The molecule has 3 aromatic rings. The van der Waals surface area contributed by atoms with Crippen LogP contribution in [0.25, 0.3) is 22.2 Å². The van der Waals surface area contributed by atoms with Crippen molar-refractivity contribution >= 4 is 16.7 Å². The summed E-state index contributed by atoms with van der Waals surface area (Å²) in [5, 5.41) is 1.12. The lowest BCUT2D eigenvalue weighted by molar-refractivity contribution is 1.33. The number of anilines is 1. The molecule has 3 nitrogen and oxygen atoms in total. The molecule has 0 aliphatic carbocycles. The van der Waals surface area contributed by atoms with Crippen LogP contribution in [0, 0.1) is 0 Å². The first-order valence-electron chi connectivity index (χ1n) is 5.12. The number of hydrogen-bond donors (Lipinski definition) is 2. The zero-order chi connectivity index (χ0) is 11.0. The number of aromatic nitrogens is 2. The maximum atomic E-state index is 5.78. The van der Waals surface area contributed by atoms with Crippen molar-refractivity contribution in [3.05, 3.63) is 48.8 Å². The minimum Gasteiger partial charge on any atom is -0.399 e. The molecule has 0 saturated heterocycles. The maximum Gasteiger partial charge on any atom is 0.137 e. The van der Waals surface area contributed by atoms with Gasteiger partial charge in [-0.15, -0.1) is 0 Å². The number of nitrogen functional groups attached to an aromatic ring is 1. The van der Waals surface area contributed by atoms with Crippen molar-refractivity contribution < 1.29 is 0 Å². The highest BCUT2D eigenvalue weighted by Gasteiger charge is 2.05. The number of nitrogens with zero attached hydrogens (tertiary/aromatic N) is 1. The number of hydrogen-bond acceptors (Lipinski definition) is 2. The van der Waals surface area contributed by atoms with E-state index in [0.29, 0.717) is 0 Å². The number of benzene rings is 1. The second-order valence-electron chi connectivity index (χ2n) is 3.73. The van der Waals surface area contributed by atoms with E-state index in [0.717, 1.165) is 27.8 Å². The second-order valence-corrected chi connectivity index (χ2v) is 3.73. The molecule has 0 unspecified atom stereocenters. The van der Waals surface area contributed by atoms with Gasteiger partial charge in [-0.05, 0) is 29.8 Å². The third kappa shape index (κ3) is 1.34. The summed E-state index contributed by atoms with van der Waals surface area (Å²) in [4.78, 5) is 7.42. The molecule has 2 heterocycles. The maximum absolute atomic E-state index is 5.78. The predicted octanol–water partition coefficient (Wildman–Crippen LogP) is 2.81. The van der Waals surface area contributed by atoms with E-state index >= 15 is 0 Å². The number of nitrogens with two attached hydrogens (primary N) is 1. The molecule has 16 heavy (non-hydrogen) atoms. The van der Waals surface area contributed by atoms with Gasteiger partial charge in [0.25, 0.3) is 0 Å². The molecule has 1 aromatic carbocycles. The monoisotopic (exact) mass is 209 g/mol. The Morgan fingerprint density at radius 2 is 2.06 bits per heavy atom. The van der Waals surface area contributed by atoms with Crippen LogP contribution in [-0.4, -0.2) is 9.97 Å². The third-order valence-corrected chi connectivity index (χ3v) is 2.65. The Labute approximate surface area is 92.9 Å². The quantitative estimate of drug-likeness (QED) is 0.605. The number of nitrogens with one attached hydrogen (secondary N) is 1. The van der Waals surface area contributed by atoms with Gasteiger partial charge in [-0.2, -0.15) is 0 Å². The highest BCUT2D eigenvalue weighted by molar-refractivity contribution is 5.93. The molecule has 3 heteroatoms. The summed E-state index contributed by atoms with van der Waals surface area (Å²) in [6, 6.07) is 11.8. The minimum absolute atomic E-state index is 0.774. The number of fused-ring (bicyclic) bond motifs is 1. The van der Waals surface area contributed by atoms with Gasteiger partial charge in [0.15, 0.2) is 0 Å². The Morgan fingerprint density at radius 1 is 1.12 bits per heavy atom. The summed E-state index contributed by atoms with van der Waals surface area (Å²) in [6.07, 6.45) is 3.74. The molecule has 0 spiro atoms. The lowest BCUT2D eigenvalue weighted by Crippen LogP contribution is -1.84. The van der Waals surface area contributed by atoms with E-state index in [1.807, 2.05) is 36.5 Å². The van der Waals surface area contributed by atoms with Crippen LogP contribution in [0.3, 0.4) is 0 Å². The predicted molar refractivity (Wildman–Crippen MR) is 65.9 cm³/mol. The molecule has 3 N–H and O–H groups in total. The van der Waals surface area contributed by atoms with Crippen LogP contribution < -0.4 is 5.73 Å². The van der Waals surface area contributed by atoms with Crippen molar-refractivity contribution in [2.75, 3.05) is 5.73 Å². The van der Waals surface area contributed by atoms with Crippen LogP contribution in [0.4, 0.5) is 5.69 Å². The Morgan fingerprint density at radius 3 is 2.94 bits per heavy atom. The zero-order valence-corrected chi connectivity index (χ0v) is 8.64. The van der Waals surface area contributed by atoms with Crippen molar-refractivity contribution in [2.45, 2.75) is 0 Å². The largest absolute Gasteiger partial charge is 0.399 e. The van der Waals surface area contributed by atoms with Gasteiger partial charge < -0.3 is 10.7 Å². The second kappa shape index (κ2) is 3.38. The van der Waals surface area contributed by atoms with E-state index in [9.17, 15) is 0 Å². The summed E-state index contributed by atoms with van der Waals surface area (Å²) < 4.78 is 0. The third-order valence-electron chi connectivity index (χ3n) is 2.65. The molecule has 2 aromatic heterocycles. The molecular weight excluding hydrogens is 198 g/mol. The summed E-state index contributed by atoms with van der Waals surface area (Å²) in [5.41, 5.74) is 9.70. The van der Waals surface area contributed by atoms with E-state index in [-0.39, 0.29) is 0 Å². The van der Waals surface area contributed by atoms with E-state index < -0.39 is 0 Å². The lowest BCUT2D eigenvalue weighted by Gasteiger charge is -2.00. The van der Waals surface area contributed by atoms with Crippen LogP contribution in [0.2, 0.25) is 0 Å². The fourth-order valence-electron chi connectivity index (χ4n) is 1.90. The molecule has 0 fully saturated rings. The first-order chi connectivity index (χ1) is 7.84. The molecular formula is C13H11N3. The molecule has 0 aliphatic rings. The van der Waals surface area contributed by atoms with Crippen LogP contribution >= 0.6 is 0 Å². The van der Waals surface area contributed by atoms with Gasteiger partial charge in [-0.3, -0.25) is 0 Å². The Hall–Kier alpha value is -2.29. The van der Waals surface area contributed by atoms with Crippen molar-refractivity contribution in [3.8, 4) is 11.1 Å². The average molecular weight is 209 g/mol. The molecule has 0 bridgehead atoms. The summed E-state index contributed by atoms with van der Waals surface area (Å²) in [7, 11) is 0. The molecule has 0 saturated carbocycles. The van der Waals surface area contributed by atoms with Crippen molar-refractivity contribution in [2.24, 2.45) is 0 Å². The molecule has 0 radical (unpaired) electrons. The number of H-pyrrole nitrogens is 1. The highest BCUT2D eigenvalue weighted by Crippen LogP contribution is 2.28. The minimum atomic E-state index is 0.774. The smallest absolute Gasteiger partial charge is 0.137 e. The fourth-order valence-corrected chi connectivity index (χ4v) is 1.90. The van der Waals surface area contributed by atoms with E-state index in [1.165, 1.54) is 0 Å². The van der Waals surface area contributed by atoms with Gasteiger partial charge >= 0.3 is 0 Å². The van der Waals surface area contributed by atoms with Gasteiger partial charge in [-0.25, -0.2) is 4.98 Å². The molecule has 3 rings (SSSR count). The van der Waals surface area contributed by atoms with E-state index in [2.05, 4.69) is 16.0 Å². The molecule has 0 aliphatic heterocycles. The molecule has 0 amide bonds. The van der Waals surface area contributed by atoms with E-state index in [4.69, 9.17) is 5.73 Å². The highest BCUT2D eigenvalue weighted by atomic mass is 14.8. The Kier molecular flexibility index (Phi) is 1.90. The zero-order valence-electron chi connectivity index (χ0n) is 8.64. The Balaban J connectivity index is 2.26. The van der Waals surface area contributed by atoms with Crippen LogP contribution in [-0.2, 0) is 0 Å². The first-order valence-corrected chi connectivity index (χ1v) is 5.12. The van der Waals surface area contributed by atoms with Gasteiger partial charge in [0.1, 0.15) is 5.65 Å². The van der Waals surface area contributed by atoms with Gasteiger partial charge in [0.2, 0.25) is 0 Å². The normalized spacial score (nSPS) is 10.8. The standard InChI is InChI=1S/C13H11N3/c14-10-4-1-3-9(7-10)12-8-16-13-11(12)5-2-6-15-13/h1-8H,14H2,(H,15,16). The summed E-state index contributed by atoms with van der Waals surface area (Å²) >= 11 is 0. The van der Waals surface area contributed by atoms with Gasteiger partial charge in [0.05, 0.1) is 0 Å². The van der Waals surface area contributed by atoms with Crippen LogP contribution in [0.15, 0.2) is 48.8 Å². The van der Waals surface area contributed by atoms with Crippen molar-refractivity contribution in [1.82, 2.24) is 9.97 Å². The van der Waals surface area contributed by atoms with Crippen LogP contribution in [0.5, 0.6) is 0 Å². The van der Waals surface area contributed by atoms with Crippen molar-refractivity contribution in [1.29, 1.82) is 0 Å². The number of aromatic amines is 1. The number of pyridine rings is 1. The van der Waals surface area contributed by atoms with Gasteiger partial charge in [-0.1, -0.05) is 12.1 Å². The molecule has 0 atom stereocenters. The summed E-state index contributed by atoms with van der Waals surface area (Å²) in [6.45, 7) is 0. The van der Waals surface area contributed by atoms with E-state index in [1.54, 1.807) is 6.20 Å². The first kappa shape index (κ1) is 8.97. The summed E-state index contributed by atoms with van der Waals surface area (Å²) in [5.74, 6) is 0. The molecule has 78 valence electrons. The van der Waals surface area contributed by atoms with Gasteiger partial charge in [0, 0.05) is 29.0 Å². The number of rotatable bonds is 1. The van der Waals surface area contributed by atoms with Crippen molar-refractivity contribution in [3.63, 3.8) is 0 Å². The lowest BCUT2D eigenvalue weighted by atomic mass is 10.1. The SMILES string of the molecule is Nc1cccc(-c2c[nH]c3ncccc23)c1. The Bertz CT molecular complexity index is 640. The topological polar surface area (TPSA) is 54.7 Å². The van der Waals surface area contributed by atoms with Crippen LogP contribution in [0.1, 0.15) is 0 Å².